The Kier molecular flexibility index (Phi) is 7.09. The van der Waals surface area contributed by atoms with Crippen molar-refractivity contribution in [3.8, 4) is 0 Å². The number of hydrogen-bond donors (Lipinski definition) is 0. The molecule has 1 heterocycles. The first-order chi connectivity index (χ1) is 12.3. The zero-order valence-corrected chi connectivity index (χ0v) is 16.9. The Bertz CT molecular complexity index is 800. The van der Waals surface area contributed by atoms with Crippen LogP contribution >= 0.6 is 15.9 Å². The molecule has 0 aliphatic rings. The molecule has 0 aliphatic heterocycles. The maximum absolute atomic E-state index is 13.1. The molecule has 3 nitrogen and oxygen atoms in total. The Labute approximate surface area is 162 Å². The Hall–Kier alpha value is -2.01. The SMILES string of the molecule is C=C(C)CCc1c(C(=O)OC(C)C)ncc(Cc2ccc(F)cc2)c1Br. The van der Waals surface area contributed by atoms with Crippen molar-refractivity contribution < 1.29 is 13.9 Å². The molecule has 0 spiro atoms. The summed E-state index contributed by atoms with van der Waals surface area (Å²) in [4.78, 5) is 16.8. The topological polar surface area (TPSA) is 39.2 Å². The minimum absolute atomic E-state index is 0.212. The molecule has 0 aliphatic carbocycles. The first kappa shape index (κ1) is 20.3. The van der Waals surface area contributed by atoms with Gasteiger partial charge in [0.2, 0.25) is 0 Å². The van der Waals surface area contributed by atoms with Crippen molar-refractivity contribution in [1.82, 2.24) is 4.98 Å². The van der Waals surface area contributed by atoms with Crippen LogP contribution in [0.1, 0.15) is 54.4 Å². The van der Waals surface area contributed by atoms with Crippen LogP contribution in [0.5, 0.6) is 0 Å². The van der Waals surface area contributed by atoms with Crippen LogP contribution in [-0.2, 0) is 17.6 Å². The average molecular weight is 420 g/mol. The van der Waals surface area contributed by atoms with E-state index in [4.69, 9.17) is 4.74 Å². The highest BCUT2D eigenvalue weighted by Gasteiger charge is 2.20. The Morgan fingerprint density at radius 3 is 2.54 bits per heavy atom. The summed E-state index contributed by atoms with van der Waals surface area (Å²) >= 11 is 3.64. The van der Waals surface area contributed by atoms with Crippen molar-refractivity contribution in [1.29, 1.82) is 0 Å². The summed E-state index contributed by atoms with van der Waals surface area (Å²) in [5.41, 5.74) is 4.09. The van der Waals surface area contributed by atoms with E-state index in [1.807, 2.05) is 20.8 Å². The molecule has 0 N–H and O–H groups in total. The molecule has 0 saturated carbocycles. The second kappa shape index (κ2) is 9.08. The van der Waals surface area contributed by atoms with Crippen LogP contribution in [0.15, 0.2) is 47.1 Å². The number of ether oxygens (including phenoxy) is 1. The van der Waals surface area contributed by atoms with Crippen molar-refractivity contribution >= 4 is 21.9 Å². The van der Waals surface area contributed by atoms with E-state index in [-0.39, 0.29) is 11.9 Å². The highest BCUT2D eigenvalue weighted by Crippen LogP contribution is 2.28. The Morgan fingerprint density at radius 2 is 1.96 bits per heavy atom. The molecule has 0 radical (unpaired) electrons. The van der Waals surface area contributed by atoms with Crippen molar-refractivity contribution in [2.75, 3.05) is 0 Å². The van der Waals surface area contributed by atoms with Gasteiger partial charge in [-0.05, 0) is 56.9 Å². The lowest BCUT2D eigenvalue weighted by molar-refractivity contribution is 0.0369. The molecule has 1 aromatic heterocycles. The van der Waals surface area contributed by atoms with Gasteiger partial charge in [0.05, 0.1) is 6.10 Å². The predicted molar refractivity (Wildman–Crippen MR) is 105 cm³/mol. The molecule has 0 saturated heterocycles. The van der Waals surface area contributed by atoms with Crippen LogP contribution in [0.25, 0.3) is 0 Å². The highest BCUT2D eigenvalue weighted by atomic mass is 79.9. The summed E-state index contributed by atoms with van der Waals surface area (Å²) in [5, 5.41) is 0. The summed E-state index contributed by atoms with van der Waals surface area (Å²) in [6, 6.07) is 6.37. The zero-order chi connectivity index (χ0) is 19.3. The van der Waals surface area contributed by atoms with Crippen molar-refractivity contribution in [3.05, 3.63) is 75.3 Å². The normalized spacial score (nSPS) is 10.8. The van der Waals surface area contributed by atoms with Gasteiger partial charge < -0.3 is 4.74 Å². The van der Waals surface area contributed by atoms with E-state index in [1.165, 1.54) is 12.1 Å². The molecule has 2 rings (SSSR count). The number of pyridine rings is 1. The highest BCUT2D eigenvalue weighted by molar-refractivity contribution is 9.10. The number of esters is 1. The van der Waals surface area contributed by atoms with Crippen molar-refractivity contribution in [2.45, 2.75) is 46.1 Å². The standard InChI is InChI=1S/C21H23BrFNO2/c1-13(2)5-10-18-19(22)16(11-15-6-8-17(23)9-7-15)12-24-20(18)21(25)26-14(3)4/h6-9,12,14H,1,5,10-11H2,2-4H3. The van der Waals surface area contributed by atoms with E-state index in [2.05, 4.69) is 27.5 Å². The van der Waals surface area contributed by atoms with Crippen LogP contribution in [0.3, 0.4) is 0 Å². The molecule has 0 bridgehead atoms. The number of allylic oxidation sites excluding steroid dienone is 1. The van der Waals surface area contributed by atoms with Crippen molar-refractivity contribution in [2.24, 2.45) is 0 Å². The predicted octanol–water partition coefficient (Wildman–Crippen LogP) is 5.65. The van der Waals surface area contributed by atoms with E-state index < -0.39 is 5.97 Å². The van der Waals surface area contributed by atoms with E-state index in [1.54, 1.807) is 18.3 Å². The summed E-state index contributed by atoms with van der Waals surface area (Å²) in [6.45, 7) is 9.51. The van der Waals surface area contributed by atoms with Gasteiger partial charge in [-0.15, -0.1) is 6.58 Å². The van der Waals surface area contributed by atoms with E-state index >= 15 is 0 Å². The van der Waals surface area contributed by atoms with Gasteiger partial charge in [-0.25, -0.2) is 14.2 Å². The van der Waals surface area contributed by atoms with Crippen molar-refractivity contribution in [3.63, 3.8) is 0 Å². The van der Waals surface area contributed by atoms with Crippen LogP contribution in [0.4, 0.5) is 4.39 Å². The maximum Gasteiger partial charge on any atom is 0.357 e. The first-order valence-corrected chi connectivity index (χ1v) is 9.33. The molecule has 26 heavy (non-hydrogen) atoms. The van der Waals surface area contributed by atoms with Gasteiger partial charge in [0.1, 0.15) is 5.82 Å². The van der Waals surface area contributed by atoms with Gasteiger partial charge in [-0.1, -0.05) is 33.6 Å². The number of halogens is 2. The molecule has 0 unspecified atom stereocenters. The van der Waals surface area contributed by atoms with Crippen LogP contribution in [0.2, 0.25) is 0 Å². The lowest BCUT2D eigenvalue weighted by Gasteiger charge is -2.15. The number of carbonyl (C=O) groups excluding carboxylic acids is 1. The fourth-order valence-electron chi connectivity index (χ4n) is 2.53. The monoisotopic (exact) mass is 419 g/mol. The van der Waals surface area contributed by atoms with Gasteiger partial charge >= 0.3 is 5.97 Å². The second-order valence-electron chi connectivity index (χ2n) is 6.64. The third-order valence-electron chi connectivity index (χ3n) is 3.83. The quantitative estimate of drug-likeness (QED) is 0.429. The van der Waals surface area contributed by atoms with Gasteiger partial charge in [-0.2, -0.15) is 0 Å². The summed E-state index contributed by atoms with van der Waals surface area (Å²) < 4.78 is 19.3. The summed E-state index contributed by atoms with van der Waals surface area (Å²) in [5.74, 6) is -0.689. The number of benzene rings is 1. The molecule has 2 aromatic rings. The largest absolute Gasteiger partial charge is 0.458 e. The van der Waals surface area contributed by atoms with E-state index in [0.717, 1.165) is 33.2 Å². The Balaban J connectivity index is 2.38. The molecule has 138 valence electrons. The molecule has 1 aromatic carbocycles. The lowest BCUT2D eigenvalue weighted by Crippen LogP contribution is -2.16. The number of aromatic nitrogens is 1. The molecule has 0 amide bonds. The molecule has 5 heteroatoms. The van der Waals surface area contributed by atoms with Gasteiger partial charge in [0.25, 0.3) is 0 Å². The molecular weight excluding hydrogens is 397 g/mol. The summed E-state index contributed by atoms with van der Waals surface area (Å²) in [6.07, 6.45) is 3.45. The minimum atomic E-state index is -0.425. The number of carbonyl (C=O) groups is 1. The second-order valence-corrected chi connectivity index (χ2v) is 7.43. The lowest BCUT2D eigenvalue weighted by atomic mass is 9.99. The van der Waals surface area contributed by atoms with Crippen LogP contribution in [0, 0.1) is 5.82 Å². The first-order valence-electron chi connectivity index (χ1n) is 8.54. The van der Waals surface area contributed by atoms with Crippen LogP contribution < -0.4 is 0 Å². The number of nitrogens with zero attached hydrogens (tertiary/aromatic N) is 1. The molecule has 0 fully saturated rings. The smallest absolute Gasteiger partial charge is 0.357 e. The summed E-state index contributed by atoms with van der Waals surface area (Å²) in [7, 11) is 0. The van der Waals surface area contributed by atoms with Gasteiger partial charge in [-0.3, -0.25) is 0 Å². The van der Waals surface area contributed by atoms with E-state index in [0.29, 0.717) is 18.5 Å². The minimum Gasteiger partial charge on any atom is -0.458 e. The number of hydrogen-bond acceptors (Lipinski definition) is 3. The third kappa shape index (κ3) is 5.49. The van der Waals surface area contributed by atoms with Gasteiger partial charge in [0, 0.05) is 22.7 Å². The Morgan fingerprint density at radius 1 is 1.31 bits per heavy atom. The fraction of sp³-hybridized carbons (Fsp3) is 0.333. The molecule has 0 atom stereocenters. The van der Waals surface area contributed by atoms with E-state index in [9.17, 15) is 9.18 Å². The van der Waals surface area contributed by atoms with Crippen LogP contribution in [-0.4, -0.2) is 17.1 Å². The molecular formula is C21H23BrFNO2. The zero-order valence-electron chi connectivity index (χ0n) is 15.3. The maximum atomic E-state index is 13.1. The average Bonchev–Trinajstić information content (AvgIpc) is 2.56. The fourth-order valence-corrected chi connectivity index (χ4v) is 3.16. The third-order valence-corrected chi connectivity index (χ3v) is 4.82. The van der Waals surface area contributed by atoms with Gasteiger partial charge in [0.15, 0.2) is 5.69 Å². The number of rotatable bonds is 7.